The third-order valence-electron chi connectivity index (χ3n) is 5.43. The monoisotopic (exact) mass is 442 g/mol. The molecule has 0 amide bonds. The van der Waals surface area contributed by atoms with Crippen LogP contribution in [0.4, 0.5) is 0 Å². The summed E-state index contributed by atoms with van der Waals surface area (Å²) in [5.74, 6) is 1.83. The Balaban J connectivity index is 2.61. The molecule has 0 saturated carbocycles. The van der Waals surface area contributed by atoms with Crippen LogP contribution in [0.25, 0.3) is 0 Å². The highest BCUT2D eigenvalue weighted by Crippen LogP contribution is 2.44. The number of benzene rings is 2. The molecule has 2 aromatic carbocycles. The molecular formula is C28H42O2S. The minimum atomic E-state index is -0.152. The van der Waals surface area contributed by atoms with Crippen molar-refractivity contribution in [1.82, 2.24) is 0 Å². The van der Waals surface area contributed by atoms with E-state index in [4.69, 9.17) is 0 Å². The maximum atomic E-state index is 11.0. The predicted molar refractivity (Wildman–Crippen MR) is 135 cm³/mol. The quantitative estimate of drug-likeness (QED) is 0.473. The second-order valence-corrected chi connectivity index (χ2v) is 12.9. The summed E-state index contributed by atoms with van der Waals surface area (Å²) in [5, 5.41) is 21.9. The lowest BCUT2D eigenvalue weighted by molar-refractivity contribution is 0.422. The van der Waals surface area contributed by atoms with Crippen LogP contribution in [-0.4, -0.2) is 10.2 Å². The fourth-order valence-corrected chi connectivity index (χ4v) is 4.95. The van der Waals surface area contributed by atoms with Gasteiger partial charge in [0, 0.05) is 20.9 Å². The van der Waals surface area contributed by atoms with Gasteiger partial charge in [-0.3, -0.25) is 0 Å². The van der Waals surface area contributed by atoms with Crippen LogP contribution >= 0.6 is 11.8 Å². The minimum Gasteiger partial charge on any atom is -0.507 e. The Bertz CT molecular complexity index is 846. The normalized spacial score (nSPS) is 12.8. The molecule has 0 aromatic heterocycles. The molecule has 0 atom stereocenters. The zero-order chi connectivity index (χ0) is 23.7. The van der Waals surface area contributed by atoms with Gasteiger partial charge in [0.05, 0.1) is 0 Å². The van der Waals surface area contributed by atoms with Crippen LogP contribution in [0.2, 0.25) is 0 Å². The van der Waals surface area contributed by atoms with E-state index in [2.05, 4.69) is 93.5 Å². The third kappa shape index (κ3) is 6.68. The molecule has 2 rings (SSSR count). The van der Waals surface area contributed by atoms with Crippen LogP contribution in [0.3, 0.4) is 0 Å². The number of hydrogen-bond acceptors (Lipinski definition) is 3. The smallest absolute Gasteiger partial charge is 0.123 e. The largest absolute Gasteiger partial charge is 0.507 e. The van der Waals surface area contributed by atoms with Gasteiger partial charge in [0.1, 0.15) is 11.5 Å². The molecule has 0 bridgehead atoms. The highest BCUT2D eigenvalue weighted by Gasteiger charge is 2.27. The summed E-state index contributed by atoms with van der Waals surface area (Å²) in [6.07, 6.45) is 1.72. The zero-order valence-electron chi connectivity index (χ0n) is 21.2. The van der Waals surface area contributed by atoms with Crippen molar-refractivity contribution in [1.29, 1.82) is 0 Å². The van der Waals surface area contributed by atoms with Gasteiger partial charge >= 0.3 is 0 Å². The van der Waals surface area contributed by atoms with Crippen LogP contribution in [0, 0.1) is 11.8 Å². The van der Waals surface area contributed by atoms with E-state index in [0.29, 0.717) is 23.3 Å². The first-order valence-corrected chi connectivity index (χ1v) is 12.3. The van der Waals surface area contributed by atoms with E-state index < -0.39 is 0 Å². The first kappa shape index (κ1) is 25.6. The fourth-order valence-electron chi connectivity index (χ4n) is 3.92. The van der Waals surface area contributed by atoms with Crippen molar-refractivity contribution < 1.29 is 10.2 Å². The maximum Gasteiger partial charge on any atom is 0.123 e. The first-order valence-electron chi connectivity index (χ1n) is 11.5. The SMILES string of the molecule is CC(C)Cc1cc(Sc2cc(C(C)(C)C)c(O)c(C(C)(C)C)c2)cc(CC(C)C)c1O. The van der Waals surface area contributed by atoms with Crippen LogP contribution in [0.5, 0.6) is 11.5 Å². The van der Waals surface area contributed by atoms with Crippen molar-refractivity contribution in [2.75, 3.05) is 0 Å². The third-order valence-corrected chi connectivity index (χ3v) is 6.38. The van der Waals surface area contributed by atoms with Crippen molar-refractivity contribution in [3.05, 3.63) is 46.5 Å². The Kier molecular flexibility index (Phi) is 7.85. The highest BCUT2D eigenvalue weighted by molar-refractivity contribution is 7.99. The van der Waals surface area contributed by atoms with Gasteiger partial charge in [-0.2, -0.15) is 0 Å². The predicted octanol–water partition coefficient (Wildman–Crippen LogP) is 8.24. The number of rotatable bonds is 6. The van der Waals surface area contributed by atoms with Crippen molar-refractivity contribution in [3.8, 4) is 11.5 Å². The lowest BCUT2D eigenvalue weighted by atomic mass is 9.79. The summed E-state index contributed by atoms with van der Waals surface area (Å²) >= 11 is 1.73. The fraction of sp³-hybridized carbons (Fsp3) is 0.571. The second kappa shape index (κ2) is 9.48. The van der Waals surface area contributed by atoms with Crippen LogP contribution < -0.4 is 0 Å². The molecule has 2 nitrogen and oxygen atoms in total. The molecule has 0 aliphatic heterocycles. The first-order chi connectivity index (χ1) is 14.1. The molecular weight excluding hydrogens is 400 g/mol. The number of hydrogen-bond donors (Lipinski definition) is 2. The van der Waals surface area contributed by atoms with Gasteiger partial charge < -0.3 is 10.2 Å². The van der Waals surface area contributed by atoms with Crippen LogP contribution in [-0.2, 0) is 23.7 Å². The molecule has 0 heterocycles. The summed E-state index contributed by atoms with van der Waals surface area (Å²) in [6, 6.07) is 8.55. The van der Waals surface area contributed by atoms with Gasteiger partial charge in [0.25, 0.3) is 0 Å². The second-order valence-electron chi connectivity index (χ2n) is 11.8. The van der Waals surface area contributed by atoms with Gasteiger partial charge in [0.15, 0.2) is 0 Å². The lowest BCUT2D eigenvalue weighted by Crippen LogP contribution is -2.17. The molecule has 31 heavy (non-hydrogen) atoms. The molecule has 0 saturated heterocycles. The molecule has 2 N–H and O–H groups in total. The molecule has 0 unspecified atom stereocenters. The molecule has 0 aliphatic rings. The van der Waals surface area contributed by atoms with Gasteiger partial charge in [-0.1, -0.05) is 81.0 Å². The molecule has 172 valence electrons. The number of aromatic hydroxyl groups is 2. The Morgan fingerprint density at radius 2 is 1.00 bits per heavy atom. The molecule has 0 radical (unpaired) electrons. The van der Waals surface area contributed by atoms with Crippen LogP contribution in [0.15, 0.2) is 34.1 Å². The van der Waals surface area contributed by atoms with Gasteiger partial charge in [-0.05, 0) is 70.9 Å². The summed E-state index contributed by atoms with van der Waals surface area (Å²) < 4.78 is 0. The van der Waals surface area contributed by atoms with Gasteiger partial charge in [-0.15, -0.1) is 0 Å². The molecule has 0 aliphatic carbocycles. The summed E-state index contributed by atoms with van der Waals surface area (Å²) in [7, 11) is 0. The van der Waals surface area contributed by atoms with E-state index in [0.717, 1.165) is 44.9 Å². The molecule has 3 heteroatoms. The Morgan fingerprint density at radius 1 is 0.645 bits per heavy atom. The summed E-state index contributed by atoms with van der Waals surface area (Å²) in [5.41, 5.74) is 3.71. The lowest BCUT2D eigenvalue weighted by Gasteiger charge is -2.28. The molecule has 2 aromatic rings. The molecule has 0 spiro atoms. The Labute approximate surface area is 194 Å². The number of phenolic OH excluding ortho intramolecular Hbond substituents is 2. The van der Waals surface area contributed by atoms with E-state index in [1.54, 1.807) is 11.8 Å². The van der Waals surface area contributed by atoms with E-state index >= 15 is 0 Å². The maximum absolute atomic E-state index is 11.0. The van der Waals surface area contributed by atoms with Crippen molar-refractivity contribution in [2.45, 2.75) is 103 Å². The zero-order valence-corrected chi connectivity index (χ0v) is 22.0. The standard InChI is InChI=1S/C28H42O2S/c1-17(2)11-19-13-21(14-20(25(19)29)12-18(3)4)31-22-15-23(27(5,6)7)26(30)24(16-22)28(8,9)10/h13-18,29-30H,11-12H2,1-10H3. The van der Waals surface area contributed by atoms with Crippen LogP contribution in [0.1, 0.15) is 91.5 Å². The highest BCUT2D eigenvalue weighted by atomic mass is 32.2. The average Bonchev–Trinajstić information content (AvgIpc) is 2.57. The van der Waals surface area contributed by atoms with Gasteiger partial charge in [-0.25, -0.2) is 0 Å². The van der Waals surface area contributed by atoms with Crippen molar-refractivity contribution in [2.24, 2.45) is 11.8 Å². The van der Waals surface area contributed by atoms with E-state index in [9.17, 15) is 10.2 Å². The Morgan fingerprint density at radius 3 is 1.32 bits per heavy atom. The topological polar surface area (TPSA) is 40.5 Å². The van der Waals surface area contributed by atoms with Gasteiger partial charge in [0.2, 0.25) is 0 Å². The molecule has 0 fully saturated rings. The van der Waals surface area contributed by atoms with E-state index in [1.807, 2.05) is 0 Å². The average molecular weight is 443 g/mol. The van der Waals surface area contributed by atoms with E-state index in [1.165, 1.54) is 0 Å². The van der Waals surface area contributed by atoms with Crippen molar-refractivity contribution >= 4 is 11.8 Å². The Hall–Kier alpha value is -1.61. The van der Waals surface area contributed by atoms with Crippen molar-refractivity contribution in [3.63, 3.8) is 0 Å². The number of phenols is 2. The van der Waals surface area contributed by atoms with E-state index in [-0.39, 0.29) is 10.8 Å². The minimum absolute atomic E-state index is 0.152. The summed E-state index contributed by atoms with van der Waals surface area (Å²) in [4.78, 5) is 2.28. The summed E-state index contributed by atoms with van der Waals surface area (Å²) in [6.45, 7) is 21.6.